The number of hydrogen-bond acceptors (Lipinski definition) is 3. The molecule has 3 heteroatoms. The summed E-state index contributed by atoms with van der Waals surface area (Å²) in [7, 11) is 0. The van der Waals surface area contributed by atoms with Crippen LogP contribution in [0.4, 0.5) is 34.1 Å². The van der Waals surface area contributed by atoms with E-state index in [0.29, 0.717) is 16.7 Å². The molecule has 12 aromatic rings. The van der Waals surface area contributed by atoms with Gasteiger partial charge in [0.15, 0.2) is 0 Å². The number of para-hydroxylation sites is 4. The molecule has 1 aromatic heterocycles. The lowest BCUT2D eigenvalue weighted by Gasteiger charge is -2.35. The maximum Gasteiger partial charge on any atom is 0.135 e. The van der Waals surface area contributed by atoms with E-state index in [0.717, 1.165) is 78.3 Å². The SMILES string of the molecule is [2H]c1c([2H])c([2H])c2c([2H])c(C3(c4cccc5oc6ccccc6c45)c4ccc(N(c5ccccc5)c5ccccc5)cc4-c4cc(N(c5ccccc5)c5ccc(-c6ccccc6)cc5)ccc43)c([2H])c([2H])c2c1[2H]. The van der Waals surface area contributed by atoms with Crippen molar-refractivity contribution in [3.05, 3.63) is 289 Å². The fourth-order valence-electron chi connectivity index (χ4n) is 10.4. The molecule has 0 bridgehead atoms. The Balaban J connectivity index is 1.17. The molecular weight excluding hydrogens is 825 g/mol. The molecule has 0 N–H and O–H groups in total. The van der Waals surface area contributed by atoms with E-state index >= 15 is 0 Å². The average molecular weight is 876 g/mol. The van der Waals surface area contributed by atoms with Crippen molar-refractivity contribution >= 4 is 66.8 Å². The van der Waals surface area contributed by atoms with E-state index in [9.17, 15) is 5.48 Å². The minimum Gasteiger partial charge on any atom is -0.456 e. The Morgan fingerprint density at radius 1 is 0.368 bits per heavy atom. The maximum absolute atomic E-state index is 10.4. The van der Waals surface area contributed by atoms with Crippen LogP contribution in [0.2, 0.25) is 0 Å². The second-order valence-corrected chi connectivity index (χ2v) is 17.1. The standard InChI is InChI=1S/C65H44N2O/c1-5-18-45(19-6-1)47-33-36-53(37-34-47)67(52-26-11-4-12-27-52)55-39-41-60-58(44-55)57-43-54(66(50-22-7-2-8-23-50)51-24-9-3-10-25-51)38-40-59(57)65(60,49-35-32-46-20-13-14-21-48(46)42-49)61-29-17-31-63-64(61)56-28-15-16-30-62(56)68-63/h1-44H/i13D,14D,20D,21D,32D,35D,42D. The summed E-state index contributed by atoms with van der Waals surface area (Å²) in [5, 5.41) is 1.31. The van der Waals surface area contributed by atoms with Crippen molar-refractivity contribution in [1.82, 2.24) is 0 Å². The van der Waals surface area contributed by atoms with E-state index in [1.165, 1.54) is 0 Å². The van der Waals surface area contributed by atoms with Crippen LogP contribution in [0.3, 0.4) is 0 Å². The molecule has 320 valence electrons. The van der Waals surface area contributed by atoms with Crippen LogP contribution >= 0.6 is 0 Å². The molecule has 1 heterocycles. The minimum atomic E-state index is -1.54. The molecule has 0 saturated heterocycles. The van der Waals surface area contributed by atoms with Crippen molar-refractivity contribution in [3.8, 4) is 22.3 Å². The first-order valence-corrected chi connectivity index (χ1v) is 22.8. The number of nitrogens with zero attached hydrogens (tertiary/aromatic N) is 2. The van der Waals surface area contributed by atoms with Gasteiger partial charge in [-0.05, 0) is 146 Å². The highest BCUT2D eigenvalue weighted by atomic mass is 16.3. The van der Waals surface area contributed by atoms with E-state index in [2.05, 4.69) is 119 Å². The van der Waals surface area contributed by atoms with Crippen molar-refractivity contribution in [2.75, 3.05) is 9.80 Å². The van der Waals surface area contributed by atoms with Gasteiger partial charge in [-0.15, -0.1) is 0 Å². The van der Waals surface area contributed by atoms with Crippen LogP contribution in [0.1, 0.15) is 31.8 Å². The summed E-state index contributed by atoms with van der Waals surface area (Å²) >= 11 is 0. The number of rotatable bonds is 9. The summed E-state index contributed by atoms with van der Waals surface area (Å²) in [5.41, 5.74) is 11.3. The molecule has 0 fully saturated rings. The molecule has 11 aromatic carbocycles. The first kappa shape index (κ1) is 32.7. The molecule has 1 atom stereocenters. The monoisotopic (exact) mass is 875 g/mol. The number of furan rings is 1. The molecule has 0 saturated carbocycles. The maximum atomic E-state index is 10.4. The van der Waals surface area contributed by atoms with Crippen LogP contribution in [-0.2, 0) is 5.41 Å². The predicted octanol–water partition coefficient (Wildman–Crippen LogP) is 17.7. The van der Waals surface area contributed by atoms with Crippen LogP contribution in [0, 0.1) is 0 Å². The molecular formula is C65H44N2O. The van der Waals surface area contributed by atoms with Crippen LogP contribution in [0.5, 0.6) is 0 Å². The Bertz CT molecular complexity index is 4170. The Hall–Kier alpha value is -8.92. The molecule has 0 amide bonds. The number of fused-ring (bicyclic) bond motifs is 7. The molecule has 0 radical (unpaired) electrons. The largest absolute Gasteiger partial charge is 0.456 e. The molecule has 1 aliphatic carbocycles. The van der Waals surface area contributed by atoms with Gasteiger partial charge < -0.3 is 14.2 Å². The summed E-state index contributed by atoms with van der Waals surface area (Å²) in [6.45, 7) is 0. The van der Waals surface area contributed by atoms with Gasteiger partial charge in [0.1, 0.15) is 11.2 Å². The summed E-state index contributed by atoms with van der Waals surface area (Å²) in [4.78, 5) is 4.43. The highest BCUT2D eigenvalue weighted by Gasteiger charge is 2.48. The first-order valence-electron chi connectivity index (χ1n) is 26.3. The Labute approximate surface area is 405 Å². The molecule has 0 aliphatic heterocycles. The highest BCUT2D eigenvalue weighted by Crippen LogP contribution is 2.60. The van der Waals surface area contributed by atoms with E-state index in [1.54, 1.807) is 0 Å². The van der Waals surface area contributed by atoms with Gasteiger partial charge in [-0.1, -0.05) is 176 Å². The summed E-state index contributed by atoms with van der Waals surface area (Å²) in [6, 6.07) is 72.9. The summed E-state index contributed by atoms with van der Waals surface area (Å²) in [5.74, 6) is 0. The predicted molar refractivity (Wildman–Crippen MR) is 283 cm³/mol. The third-order valence-electron chi connectivity index (χ3n) is 13.3. The van der Waals surface area contributed by atoms with E-state index in [-0.39, 0.29) is 34.5 Å². The van der Waals surface area contributed by atoms with Gasteiger partial charge in [-0.3, -0.25) is 0 Å². The van der Waals surface area contributed by atoms with Gasteiger partial charge >= 0.3 is 0 Å². The number of anilines is 6. The molecule has 68 heavy (non-hydrogen) atoms. The molecule has 1 unspecified atom stereocenters. The average Bonchev–Trinajstić information content (AvgIpc) is 4.23. The second kappa shape index (κ2) is 16.2. The van der Waals surface area contributed by atoms with Crippen LogP contribution < -0.4 is 9.80 Å². The third kappa shape index (κ3) is 6.35. The smallest absolute Gasteiger partial charge is 0.135 e. The summed E-state index contributed by atoms with van der Waals surface area (Å²) in [6.07, 6.45) is 0. The Morgan fingerprint density at radius 2 is 0.853 bits per heavy atom. The van der Waals surface area contributed by atoms with Gasteiger partial charge in [0.25, 0.3) is 0 Å². The number of benzene rings is 11. The minimum absolute atomic E-state index is 0.114. The van der Waals surface area contributed by atoms with Crippen molar-refractivity contribution in [1.29, 1.82) is 0 Å². The van der Waals surface area contributed by atoms with Crippen molar-refractivity contribution in [2.24, 2.45) is 0 Å². The van der Waals surface area contributed by atoms with E-state index < -0.39 is 29.6 Å². The molecule has 1 aliphatic rings. The lowest BCUT2D eigenvalue weighted by molar-refractivity contribution is 0.667. The quantitative estimate of drug-likeness (QED) is 0.144. The lowest BCUT2D eigenvalue weighted by atomic mass is 9.66. The Kier molecular flexibility index (Phi) is 7.79. The van der Waals surface area contributed by atoms with Gasteiger partial charge in [0.2, 0.25) is 0 Å². The van der Waals surface area contributed by atoms with Gasteiger partial charge in [-0.2, -0.15) is 0 Å². The molecule has 0 spiro atoms. The zero-order valence-electron chi connectivity index (χ0n) is 43.7. The second-order valence-electron chi connectivity index (χ2n) is 17.1. The lowest BCUT2D eigenvalue weighted by Crippen LogP contribution is -2.29. The third-order valence-corrected chi connectivity index (χ3v) is 13.3. The normalized spacial score (nSPS) is 15.4. The first-order chi connectivity index (χ1) is 36.6. The number of hydrogen-bond donors (Lipinski definition) is 0. The van der Waals surface area contributed by atoms with Crippen LogP contribution in [-0.4, -0.2) is 0 Å². The molecule has 13 rings (SSSR count). The van der Waals surface area contributed by atoms with Crippen LogP contribution in [0.15, 0.2) is 271 Å². The fraction of sp³-hybridized carbons (Fsp3) is 0.0154. The zero-order chi connectivity index (χ0) is 51.1. The Morgan fingerprint density at radius 3 is 1.46 bits per heavy atom. The fourth-order valence-corrected chi connectivity index (χ4v) is 10.4. The van der Waals surface area contributed by atoms with Crippen LogP contribution in [0.25, 0.3) is 55.0 Å². The highest BCUT2D eigenvalue weighted by molar-refractivity contribution is 6.09. The summed E-state index contributed by atoms with van der Waals surface area (Å²) < 4.78 is 72.8. The zero-order valence-corrected chi connectivity index (χ0v) is 36.7. The van der Waals surface area contributed by atoms with E-state index in [1.807, 2.05) is 115 Å². The van der Waals surface area contributed by atoms with E-state index in [4.69, 9.17) is 8.53 Å². The van der Waals surface area contributed by atoms with Crippen molar-refractivity contribution in [2.45, 2.75) is 5.41 Å². The topological polar surface area (TPSA) is 19.6 Å². The molecule has 3 nitrogen and oxygen atoms in total. The van der Waals surface area contributed by atoms with Gasteiger partial charge in [0, 0.05) is 44.9 Å². The van der Waals surface area contributed by atoms with Crippen molar-refractivity contribution < 1.29 is 14.0 Å². The van der Waals surface area contributed by atoms with Gasteiger partial charge in [0.05, 0.1) is 15.0 Å². The van der Waals surface area contributed by atoms with Crippen molar-refractivity contribution in [3.63, 3.8) is 0 Å². The van der Waals surface area contributed by atoms with Gasteiger partial charge in [-0.25, -0.2) is 0 Å².